The van der Waals surface area contributed by atoms with Crippen molar-refractivity contribution >= 4 is 11.7 Å². The summed E-state index contributed by atoms with van der Waals surface area (Å²) in [5.74, 6) is 0.660. The van der Waals surface area contributed by atoms with E-state index in [2.05, 4.69) is 52.5 Å². The van der Waals surface area contributed by atoms with Crippen molar-refractivity contribution in [1.82, 2.24) is 15.1 Å². The van der Waals surface area contributed by atoms with E-state index >= 15 is 0 Å². The smallest absolute Gasteiger partial charge is 0.226 e. The van der Waals surface area contributed by atoms with Gasteiger partial charge in [0.05, 0.1) is 6.04 Å². The van der Waals surface area contributed by atoms with Gasteiger partial charge in [-0.25, -0.2) is 0 Å². The lowest BCUT2D eigenvalue weighted by Gasteiger charge is -2.36. The highest BCUT2D eigenvalue weighted by Crippen LogP contribution is 2.35. The molecule has 1 N–H and O–H groups in total. The number of hydrogen-bond acceptors (Lipinski definition) is 4. The van der Waals surface area contributed by atoms with Crippen molar-refractivity contribution < 1.29 is 9.59 Å². The van der Waals surface area contributed by atoms with E-state index in [1.54, 1.807) is 0 Å². The number of nitrogens with one attached hydrogen (secondary N) is 1. The summed E-state index contributed by atoms with van der Waals surface area (Å²) in [7, 11) is 4.02. The van der Waals surface area contributed by atoms with Crippen LogP contribution in [0.3, 0.4) is 0 Å². The Morgan fingerprint density at radius 2 is 1.79 bits per heavy atom. The highest BCUT2D eigenvalue weighted by molar-refractivity contribution is 5.90. The molecule has 1 amide bonds. The van der Waals surface area contributed by atoms with E-state index in [1.807, 2.05) is 14.0 Å². The van der Waals surface area contributed by atoms with Gasteiger partial charge in [-0.05, 0) is 84.0 Å². The lowest BCUT2D eigenvalue weighted by atomic mass is 9.76. The molecule has 0 radical (unpaired) electrons. The Labute approximate surface area is 207 Å². The third-order valence-corrected chi connectivity index (χ3v) is 8.15. The van der Waals surface area contributed by atoms with Crippen molar-refractivity contribution in [3.8, 4) is 0 Å². The summed E-state index contributed by atoms with van der Waals surface area (Å²) in [5.41, 5.74) is 1.41. The number of hydrogen-bond donors (Lipinski definition) is 1. The molecule has 0 bridgehead atoms. The van der Waals surface area contributed by atoms with Gasteiger partial charge in [0, 0.05) is 31.5 Å². The number of rotatable bonds is 13. The average molecular weight is 470 g/mol. The Hall–Kier alpha value is -1.72. The summed E-state index contributed by atoms with van der Waals surface area (Å²) >= 11 is 0. The summed E-state index contributed by atoms with van der Waals surface area (Å²) < 4.78 is 0. The molecule has 3 atom stereocenters. The second-order valence-corrected chi connectivity index (χ2v) is 10.7. The molecule has 34 heavy (non-hydrogen) atoms. The van der Waals surface area contributed by atoms with Crippen molar-refractivity contribution in [2.45, 2.75) is 89.6 Å². The topological polar surface area (TPSA) is 52.7 Å². The van der Waals surface area contributed by atoms with Gasteiger partial charge in [-0.2, -0.15) is 0 Å². The van der Waals surface area contributed by atoms with Crippen LogP contribution in [-0.4, -0.2) is 67.3 Å². The van der Waals surface area contributed by atoms with Crippen LogP contribution in [-0.2, 0) is 16.0 Å². The van der Waals surface area contributed by atoms with Gasteiger partial charge in [-0.1, -0.05) is 49.6 Å². The van der Waals surface area contributed by atoms with E-state index in [9.17, 15) is 9.59 Å². The monoisotopic (exact) mass is 469 g/mol. The lowest BCUT2D eigenvalue weighted by Crippen LogP contribution is -2.47. The summed E-state index contributed by atoms with van der Waals surface area (Å²) in [6.07, 6.45) is 11.9. The zero-order valence-corrected chi connectivity index (χ0v) is 21.8. The molecule has 0 spiro atoms. The molecule has 5 nitrogen and oxygen atoms in total. The molecule has 0 aromatic heterocycles. The largest absolute Gasteiger partial charge is 0.338 e. The zero-order chi connectivity index (χ0) is 24.3. The SMILES string of the molecule is CN[C@@H](C)C(=O)C[C@H](C(=O)N1CCC[C@H]1CN(C)CCCCc1ccccc1)C1CCCCC1. The first-order valence-electron chi connectivity index (χ1n) is 13.7. The number of carbonyl (C=O) groups is 2. The third-order valence-electron chi connectivity index (χ3n) is 8.15. The minimum atomic E-state index is -0.185. The summed E-state index contributed by atoms with van der Waals surface area (Å²) in [5, 5.41) is 3.07. The Kier molecular flexibility index (Phi) is 11.1. The highest BCUT2D eigenvalue weighted by Gasteiger charge is 2.38. The van der Waals surface area contributed by atoms with Crippen LogP contribution in [0.4, 0.5) is 0 Å². The van der Waals surface area contributed by atoms with Crippen LogP contribution in [0.1, 0.15) is 76.7 Å². The fourth-order valence-corrected chi connectivity index (χ4v) is 5.88. The quantitative estimate of drug-likeness (QED) is 0.426. The van der Waals surface area contributed by atoms with Crippen molar-refractivity contribution in [2.75, 3.05) is 33.7 Å². The molecular formula is C29H47N3O2. The van der Waals surface area contributed by atoms with Gasteiger partial charge in [0.1, 0.15) is 5.78 Å². The molecule has 2 fully saturated rings. The van der Waals surface area contributed by atoms with Gasteiger partial charge in [0.15, 0.2) is 0 Å². The van der Waals surface area contributed by atoms with E-state index in [0.29, 0.717) is 12.3 Å². The minimum absolute atomic E-state index is 0.139. The molecule has 5 heteroatoms. The number of amides is 1. The molecule has 1 aromatic rings. The van der Waals surface area contributed by atoms with Crippen LogP contribution in [0.5, 0.6) is 0 Å². The van der Waals surface area contributed by atoms with Crippen LogP contribution < -0.4 is 5.32 Å². The molecular weight excluding hydrogens is 422 g/mol. The van der Waals surface area contributed by atoms with Crippen molar-refractivity contribution in [2.24, 2.45) is 11.8 Å². The molecule has 2 aliphatic rings. The van der Waals surface area contributed by atoms with Gasteiger partial charge < -0.3 is 15.1 Å². The summed E-state index contributed by atoms with van der Waals surface area (Å²) in [6, 6.07) is 10.8. The molecule has 1 saturated heterocycles. The number of likely N-dealkylation sites (tertiary alicyclic amines) is 1. The van der Waals surface area contributed by atoms with Crippen LogP contribution in [0.15, 0.2) is 30.3 Å². The van der Waals surface area contributed by atoms with E-state index in [-0.39, 0.29) is 29.7 Å². The molecule has 1 aliphatic carbocycles. The molecule has 3 rings (SSSR count). The van der Waals surface area contributed by atoms with Gasteiger partial charge in [0.25, 0.3) is 0 Å². The second-order valence-electron chi connectivity index (χ2n) is 10.7. The number of benzene rings is 1. The Morgan fingerprint density at radius 3 is 2.50 bits per heavy atom. The van der Waals surface area contributed by atoms with Crippen LogP contribution >= 0.6 is 0 Å². The number of Topliss-reactive ketones (excluding diaryl/α,β-unsaturated/α-hetero) is 1. The second kappa shape index (κ2) is 14.0. The fourth-order valence-electron chi connectivity index (χ4n) is 5.88. The van der Waals surface area contributed by atoms with E-state index in [1.165, 1.54) is 37.7 Å². The number of carbonyl (C=O) groups excluding carboxylic acids is 2. The zero-order valence-electron chi connectivity index (χ0n) is 21.8. The first-order valence-corrected chi connectivity index (χ1v) is 13.7. The first-order chi connectivity index (χ1) is 16.5. The van der Waals surface area contributed by atoms with Gasteiger partial charge in [0.2, 0.25) is 5.91 Å². The average Bonchev–Trinajstić information content (AvgIpc) is 3.33. The van der Waals surface area contributed by atoms with E-state index in [4.69, 9.17) is 0 Å². The molecule has 190 valence electrons. The maximum absolute atomic E-state index is 13.8. The van der Waals surface area contributed by atoms with Crippen LogP contribution in [0.2, 0.25) is 0 Å². The number of nitrogens with zero attached hydrogens (tertiary/aromatic N) is 2. The van der Waals surface area contributed by atoms with Crippen LogP contribution in [0.25, 0.3) is 0 Å². The number of aryl methyl sites for hydroxylation is 1. The van der Waals surface area contributed by atoms with Crippen molar-refractivity contribution in [3.63, 3.8) is 0 Å². The fraction of sp³-hybridized carbons (Fsp3) is 0.724. The third kappa shape index (κ3) is 7.91. The van der Waals surface area contributed by atoms with Gasteiger partial charge in [-0.15, -0.1) is 0 Å². The van der Waals surface area contributed by atoms with Crippen LogP contribution in [0, 0.1) is 11.8 Å². The maximum atomic E-state index is 13.8. The summed E-state index contributed by atoms with van der Waals surface area (Å²) in [6.45, 7) is 4.77. The number of unbranched alkanes of at least 4 members (excludes halogenated alkanes) is 1. The number of ketones is 1. The van der Waals surface area contributed by atoms with Gasteiger partial charge in [-0.3, -0.25) is 9.59 Å². The number of likely N-dealkylation sites (N-methyl/N-ethyl adjacent to an activating group) is 2. The minimum Gasteiger partial charge on any atom is -0.338 e. The molecule has 1 aliphatic heterocycles. The van der Waals surface area contributed by atoms with Crippen molar-refractivity contribution in [1.29, 1.82) is 0 Å². The Morgan fingerprint density at radius 1 is 1.06 bits per heavy atom. The first kappa shape index (κ1) is 26.9. The lowest BCUT2D eigenvalue weighted by molar-refractivity contribution is -0.141. The molecule has 1 heterocycles. The Balaban J connectivity index is 1.53. The normalized spacial score (nSPS) is 21.1. The molecule has 1 saturated carbocycles. The predicted molar refractivity (Wildman–Crippen MR) is 140 cm³/mol. The predicted octanol–water partition coefficient (Wildman–Crippen LogP) is 4.70. The maximum Gasteiger partial charge on any atom is 0.226 e. The standard InChI is InChI=1S/C29H47N3O2/c1-23(30-2)28(33)21-27(25-16-8-5-9-17-25)29(34)32-20-12-18-26(32)22-31(3)19-11-10-15-24-13-6-4-7-14-24/h4,6-7,13-14,23,25-27,30H,5,8-12,15-22H2,1-3H3/t23-,26-,27-/m0/s1. The van der Waals surface area contributed by atoms with E-state index < -0.39 is 0 Å². The van der Waals surface area contributed by atoms with E-state index in [0.717, 1.165) is 51.7 Å². The van der Waals surface area contributed by atoms with Crippen molar-refractivity contribution in [3.05, 3.63) is 35.9 Å². The van der Waals surface area contributed by atoms with Gasteiger partial charge >= 0.3 is 0 Å². The molecule has 0 unspecified atom stereocenters. The summed E-state index contributed by atoms with van der Waals surface area (Å²) in [4.78, 5) is 31.2. The Bertz CT molecular complexity index is 747. The molecule has 1 aromatic carbocycles. The highest BCUT2D eigenvalue weighted by atomic mass is 16.2.